The predicted octanol–water partition coefficient (Wildman–Crippen LogP) is 2.56. The van der Waals surface area contributed by atoms with Crippen molar-refractivity contribution in [3.63, 3.8) is 0 Å². The zero-order chi connectivity index (χ0) is 38.6. The molecule has 50 heavy (non-hydrogen) atoms. The van der Waals surface area contributed by atoms with Gasteiger partial charge in [-0.3, -0.25) is 28.8 Å². The molecule has 0 aliphatic carbocycles. The molecule has 290 valence electrons. The Morgan fingerprint density at radius 1 is 0.620 bits per heavy atom. The first-order chi connectivity index (χ1) is 23.3. The molecule has 0 aromatic carbocycles. The van der Waals surface area contributed by atoms with Gasteiger partial charge in [0, 0.05) is 12.5 Å². The topological polar surface area (TPSA) is 289 Å². The number of aliphatic carboxylic acids is 4. The van der Waals surface area contributed by atoms with E-state index in [-0.39, 0.29) is 25.2 Å². The van der Waals surface area contributed by atoms with E-state index >= 15 is 0 Å². The van der Waals surface area contributed by atoms with Gasteiger partial charge in [-0.15, -0.1) is 0 Å². The molecule has 0 aliphatic rings. The van der Waals surface area contributed by atoms with Crippen LogP contribution >= 0.6 is 0 Å². The van der Waals surface area contributed by atoms with E-state index in [1.807, 2.05) is 6.92 Å². The van der Waals surface area contributed by atoms with E-state index in [0.717, 1.165) is 6.42 Å². The van der Waals surface area contributed by atoms with Crippen LogP contribution in [-0.2, 0) is 38.2 Å². The van der Waals surface area contributed by atoms with Crippen LogP contribution in [0.5, 0.6) is 0 Å². The standard InChI is InChI=1S/C34H59NO15/c1-5-6-9-20(3)32(50-31(44)17-23(34(47)48)15-29(41)42)27(49-30(43)16-22(33(45)46)14-28(39)40)13-19(2)12-24(36)10-7-8-11-25(37)18-26(38)21(4)35/h19-27,32,36-38H,5-18,35H2,1-4H3,(H,39,40)(H,41,42)(H,45,46)(H,47,48)/t19-,20+,21-,22+,23+,24+,25+,26-,27-,32+/m0/s1. The molecule has 0 spiro atoms. The van der Waals surface area contributed by atoms with E-state index in [2.05, 4.69) is 0 Å². The minimum Gasteiger partial charge on any atom is -0.481 e. The third kappa shape index (κ3) is 21.0. The van der Waals surface area contributed by atoms with Gasteiger partial charge in [0.25, 0.3) is 0 Å². The van der Waals surface area contributed by atoms with E-state index in [0.29, 0.717) is 38.5 Å². The van der Waals surface area contributed by atoms with Crippen molar-refractivity contribution in [2.24, 2.45) is 29.4 Å². The van der Waals surface area contributed by atoms with Gasteiger partial charge in [-0.2, -0.15) is 0 Å². The Balaban J connectivity index is 5.98. The second kappa shape index (κ2) is 24.7. The Morgan fingerprint density at radius 3 is 1.50 bits per heavy atom. The number of aliphatic hydroxyl groups excluding tert-OH is 3. The summed E-state index contributed by atoms with van der Waals surface area (Å²) in [5, 5.41) is 67.8. The number of hydrogen-bond acceptors (Lipinski definition) is 12. The predicted molar refractivity (Wildman–Crippen MR) is 178 cm³/mol. The summed E-state index contributed by atoms with van der Waals surface area (Å²) in [6.07, 6.45) is -3.74. The molecular formula is C34H59NO15. The SMILES string of the molecule is CCCC[C@@H](C)[C@@H](OC(=O)C[C@@H](CC(=O)O)C(=O)O)[C@H](C[C@@H](C)C[C@H](O)CCCC[C@@H](O)C[C@H](O)[C@H](C)N)OC(=O)C[C@@H](CC(=O)O)C(=O)O. The lowest BCUT2D eigenvalue weighted by atomic mass is 9.87. The molecule has 0 bridgehead atoms. The summed E-state index contributed by atoms with van der Waals surface area (Å²) in [4.78, 5) is 71.6. The number of rotatable bonds is 29. The minimum atomic E-state index is -1.59. The lowest BCUT2D eigenvalue weighted by Gasteiger charge is -2.33. The molecule has 0 heterocycles. The van der Waals surface area contributed by atoms with Crippen molar-refractivity contribution in [3.05, 3.63) is 0 Å². The fourth-order valence-electron chi connectivity index (χ4n) is 5.68. The highest BCUT2D eigenvalue weighted by Gasteiger charge is 2.37. The molecule has 0 aromatic rings. The van der Waals surface area contributed by atoms with Crippen molar-refractivity contribution in [2.45, 2.75) is 154 Å². The number of carbonyl (C=O) groups is 6. The van der Waals surface area contributed by atoms with Gasteiger partial charge in [-0.05, 0) is 50.9 Å². The Bertz CT molecular complexity index is 1070. The number of aliphatic hydroxyl groups is 3. The van der Waals surface area contributed by atoms with Crippen molar-refractivity contribution in [3.8, 4) is 0 Å². The third-order valence-electron chi connectivity index (χ3n) is 8.61. The molecule has 0 fully saturated rings. The summed E-state index contributed by atoms with van der Waals surface area (Å²) in [6.45, 7) is 7.06. The Kier molecular flexibility index (Phi) is 23.1. The molecule has 0 rings (SSSR count). The Labute approximate surface area is 293 Å². The van der Waals surface area contributed by atoms with Crippen molar-refractivity contribution in [1.82, 2.24) is 0 Å². The maximum atomic E-state index is 13.0. The summed E-state index contributed by atoms with van der Waals surface area (Å²) in [6, 6.07) is -0.476. The maximum Gasteiger partial charge on any atom is 0.307 e. The number of nitrogens with two attached hydrogens (primary N) is 1. The highest BCUT2D eigenvalue weighted by molar-refractivity contribution is 5.83. The van der Waals surface area contributed by atoms with Crippen molar-refractivity contribution in [1.29, 1.82) is 0 Å². The molecule has 0 aliphatic heterocycles. The second-order valence-electron chi connectivity index (χ2n) is 13.6. The van der Waals surface area contributed by atoms with Gasteiger partial charge >= 0.3 is 35.8 Å². The highest BCUT2D eigenvalue weighted by Crippen LogP contribution is 2.29. The number of hydrogen-bond donors (Lipinski definition) is 8. The first-order valence-electron chi connectivity index (χ1n) is 17.3. The molecule has 0 saturated heterocycles. The molecule has 10 atom stereocenters. The summed E-state index contributed by atoms with van der Waals surface area (Å²) in [5.74, 6) is -12.0. The van der Waals surface area contributed by atoms with Gasteiger partial charge in [0.05, 0.1) is 55.8 Å². The van der Waals surface area contributed by atoms with Gasteiger partial charge in [0.2, 0.25) is 0 Å². The van der Waals surface area contributed by atoms with Crippen LogP contribution in [0.4, 0.5) is 0 Å². The number of unbranched alkanes of at least 4 members (excludes halogenated alkanes) is 2. The van der Waals surface area contributed by atoms with Crippen LogP contribution < -0.4 is 5.73 Å². The molecule has 0 aromatic heterocycles. The smallest absolute Gasteiger partial charge is 0.307 e. The Hall–Kier alpha value is -3.34. The van der Waals surface area contributed by atoms with E-state index in [1.165, 1.54) is 0 Å². The van der Waals surface area contributed by atoms with Crippen LogP contribution in [0.2, 0.25) is 0 Å². The average molecular weight is 722 g/mol. The van der Waals surface area contributed by atoms with Gasteiger partial charge in [-0.25, -0.2) is 0 Å². The maximum absolute atomic E-state index is 13.0. The zero-order valence-corrected chi connectivity index (χ0v) is 29.6. The first-order valence-corrected chi connectivity index (χ1v) is 17.3. The number of carboxylic acid groups (broad SMARTS) is 4. The fraction of sp³-hybridized carbons (Fsp3) is 0.824. The molecule has 0 unspecified atom stereocenters. The van der Waals surface area contributed by atoms with Crippen molar-refractivity contribution >= 4 is 35.8 Å². The highest BCUT2D eigenvalue weighted by atomic mass is 16.6. The number of ether oxygens (including phenoxy) is 2. The summed E-state index contributed by atoms with van der Waals surface area (Å²) < 4.78 is 11.4. The number of carboxylic acids is 4. The van der Waals surface area contributed by atoms with E-state index in [9.17, 15) is 54.3 Å². The van der Waals surface area contributed by atoms with Crippen LogP contribution in [0.15, 0.2) is 0 Å². The minimum absolute atomic E-state index is 0.0270. The molecule has 16 heteroatoms. The van der Waals surface area contributed by atoms with Crippen LogP contribution in [-0.4, -0.2) is 108 Å². The fourth-order valence-corrected chi connectivity index (χ4v) is 5.68. The van der Waals surface area contributed by atoms with Crippen molar-refractivity contribution in [2.75, 3.05) is 0 Å². The van der Waals surface area contributed by atoms with E-state index in [1.54, 1.807) is 20.8 Å². The lowest BCUT2D eigenvalue weighted by molar-refractivity contribution is -0.177. The first kappa shape index (κ1) is 46.7. The number of carbonyl (C=O) groups excluding carboxylic acids is 2. The average Bonchev–Trinajstić information content (AvgIpc) is 2.99. The summed E-state index contributed by atoms with van der Waals surface area (Å²) in [5.41, 5.74) is 5.63. The normalized spacial score (nSPS) is 17.5. The largest absolute Gasteiger partial charge is 0.481 e. The van der Waals surface area contributed by atoms with Crippen molar-refractivity contribution < 1.29 is 74.0 Å². The molecule has 0 amide bonds. The molecule has 9 N–H and O–H groups in total. The van der Waals surface area contributed by atoms with Crippen LogP contribution in [0.1, 0.15) is 118 Å². The van der Waals surface area contributed by atoms with Gasteiger partial charge in [0.15, 0.2) is 0 Å². The quantitative estimate of drug-likeness (QED) is 0.0407. The molecule has 16 nitrogen and oxygen atoms in total. The summed E-state index contributed by atoms with van der Waals surface area (Å²) >= 11 is 0. The molecule has 0 radical (unpaired) electrons. The van der Waals surface area contributed by atoms with Gasteiger partial charge in [0.1, 0.15) is 12.2 Å². The van der Waals surface area contributed by atoms with Crippen LogP contribution in [0, 0.1) is 23.7 Å². The second-order valence-corrected chi connectivity index (χ2v) is 13.6. The number of esters is 2. The van der Waals surface area contributed by atoms with Gasteiger partial charge < -0.3 is 51.0 Å². The zero-order valence-electron chi connectivity index (χ0n) is 29.6. The Morgan fingerprint density at radius 2 is 1.08 bits per heavy atom. The van der Waals surface area contributed by atoms with E-state index < -0.39 is 116 Å². The summed E-state index contributed by atoms with van der Waals surface area (Å²) in [7, 11) is 0. The lowest BCUT2D eigenvalue weighted by Crippen LogP contribution is -2.42. The van der Waals surface area contributed by atoms with Crippen LogP contribution in [0.3, 0.4) is 0 Å². The third-order valence-corrected chi connectivity index (χ3v) is 8.61. The van der Waals surface area contributed by atoms with E-state index in [4.69, 9.17) is 25.4 Å². The van der Waals surface area contributed by atoms with Gasteiger partial charge in [-0.1, -0.05) is 46.5 Å². The monoisotopic (exact) mass is 721 g/mol. The molecule has 0 saturated carbocycles. The van der Waals surface area contributed by atoms with Crippen LogP contribution in [0.25, 0.3) is 0 Å². The molecular weight excluding hydrogens is 662 g/mol.